The molecule has 0 amide bonds. The molecule has 1 aromatic rings. The van der Waals surface area contributed by atoms with Gasteiger partial charge in [0.15, 0.2) is 5.03 Å². The Labute approximate surface area is 120 Å². The third-order valence-electron chi connectivity index (χ3n) is 4.54. The molecule has 0 radical (unpaired) electrons. The zero-order valence-electron chi connectivity index (χ0n) is 12.0. The first-order chi connectivity index (χ1) is 9.43. The van der Waals surface area contributed by atoms with Crippen LogP contribution in [0.15, 0.2) is 11.2 Å². The van der Waals surface area contributed by atoms with Crippen LogP contribution >= 0.6 is 0 Å². The van der Waals surface area contributed by atoms with E-state index in [2.05, 4.69) is 4.98 Å². The molecule has 0 aromatic carbocycles. The molecule has 6 nitrogen and oxygen atoms in total. The highest BCUT2D eigenvalue weighted by molar-refractivity contribution is 7.89. The van der Waals surface area contributed by atoms with Crippen molar-refractivity contribution in [2.24, 2.45) is 5.73 Å². The summed E-state index contributed by atoms with van der Waals surface area (Å²) in [6.45, 7) is 4.55. The second kappa shape index (κ2) is 4.82. The highest BCUT2D eigenvalue weighted by Gasteiger charge is 2.47. The molecule has 2 saturated heterocycles. The quantitative estimate of drug-likeness (QED) is 0.897. The van der Waals surface area contributed by atoms with E-state index in [4.69, 9.17) is 5.73 Å². The van der Waals surface area contributed by atoms with E-state index in [1.807, 2.05) is 18.4 Å². The van der Waals surface area contributed by atoms with Crippen molar-refractivity contribution in [2.75, 3.05) is 0 Å². The summed E-state index contributed by atoms with van der Waals surface area (Å²) in [5.74, 6) is 0.743. The Hall–Kier alpha value is -0.920. The van der Waals surface area contributed by atoms with Crippen molar-refractivity contribution in [3.63, 3.8) is 0 Å². The third-order valence-corrected chi connectivity index (χ3v) is 6.42. The van der Waals surface area contributed by atoms with Crippen LogP contribution in [0.5, 0.6) is 0 Å². The number of imidazole rings is 1. The number of aryl methyl sites for hydroxylation is 2. The molecule has 1 aromatic heterocycles. The summed E-state index contributed by atoms with van der Waals surface area (Å²) in [7, 11) is -3.49. The van der Waals surface area contributed by atoms with Crippen molar-refractivity contribution < 1.29 is 8.42 Å². The van der Waals surface area contributed by atoms with Gasteiger partial charge in [0.1, 0.15) is 5.82 Å². The molecule has 0 spiro atoms. The summed E-state index contributed by atoms with van der Waals surface area (Å²) < 4.78 is 29.2. The van der Waals surface area contributed by atoms with Crippen molar-refractivity contribution in [3.8, 4) is 0 Å². The summed E-state index contributed by atoms with van der Waals surface area (Å²) in [5.41, 5.74) is 6.01. The van der Waals surface area contributed by atoms with Crippen molar-refractivity contribution in [1.29, 1.82) is 0 Å². The molecule has 2 bridgehead atoms. The van der Waals surface area contributed by atoms with Gasteiger partial charge >= 0.3 is 0 Å². The summed E-state index contributed by atoms with van der Waals surface area (Å²) in [6, 6.07) is 0.246. The second-order valence-corrected chi connectivity index (χ2v) is 7.65. The zero-order valence-corrected chi connectivity index (χ0v) is 12.8. The van der Waals surface area contributed by atoms with E-state index in [1.54, 1.807) is 10.5 Å². The van der Waals surface area contributed by atoms with Crippen molar-refractivity contribution in [2.45, 2.75) is 69.2 Å². The Kier molecular flexibility index (Phi) is 3.38. The van der Waals surface area contributed by atoms with Gasteiger partial charge in [0.2, 0.25) is 0 Å². The second-order valence-electron chi connectivity index (χ2n) is 5.86. The van der Waals surface area contributed by atoms with Crippen LogP contribution < -0.4 is 5.73 Å². The van der Waals surface area contributed by atoms with Crippen LogP contribution in [0.3, 0.4) is 0 Å². The highest BCUT2D eigenvalue weighted by Crippen LogP contribution is 2.38. The smallest absolute Gasteiger partial charge is 0.262 e. The summed E-state index contributed by atoms with van der Waals surface area (Å²) in [5, 5.41) is 0.184. The first-order valence-electron chi connectivity index (χ1n) is 7.26. The van der Waals surface area contributed by atoms with Crippen LogP contribution in [-0.4, -0.2) is 40.4 Å². The fourth-order valence-corrected chi connectivity index (χ4v) is 5.49. The average molecular weight is 298 g/mol. The van der Waals surface area contributed by atoms with E-state index >= 15 is 0 Å². The SMILES string of the molecule is CCn1cc(S(=O)(=O)N2C3CCC2CC(N)C3)nc1C. The Balaban J connectivity index is 1.96. The third kappa shape index (κ3) is 2.08. The van der Waals surface area contributed by atoms with E-state index in [0.29, 0.717) is 0 Å². The predicted molar refractivity (Wildman–Crippen MR) is 75.7 cm³/mol. The number of rotatable bonds is 3. The van der Waals surface area contributed by atoms with Crippen molar-refractivity contribution in [3.05, 3.63) is 12.0 Å². The molecule has 3 rings (SSSR count). The zero-order chi connectivity index (χ0) is 14.5. The van der Waals surface area contributed by atoms with Gasteiger partial charge in [-0.25, -0.2) is 13.4 Å². The normalized spacial score (nSPS) is 30.9. The predicted octanol–water partition coefficient (Wildman–Crippen LogP) is 0.854. The fourth-order valence-electron chi connectivity index (χ4n) is 3.60. The molecule has 7 heteroatoms. The molecule has 2 N–H and O–H groups in total. The molecule has 112 valence electrons. The highest BCUT2D eigenvalue weighted by atomic mass is 32.2. The molecule has 0 saturated carbocycles. The lowest BCUT2D eigenvalue weighted by Crippen LogP contribution is -2.50. The molecule has 2 unspecified atom stereocenters. The standard InChI is InChI=1S/C13H22N4O2S/c1-3-16-8-13(15-9(16)2)20(18,19)17-11-4-5-12(17)7-10(14)6-11/h8,10-12H,3-7,14H2,1-2H3. The van der Waals surface area contributed by atoms with Gasteiger partial charge in [-0.1, -0.05) is 0 Å². The molecule has 2 atom stereocenters. The summed E-state index contributed by atoms with van der Waals surface area (Å²) in [6.07, 6.45) is 5.03. The molecule has 3 heterocycles. The van der Waals surface area contributed by atoms with E-state index in [-0.39, 0.29) is 23.2 Å². The number of hydrogen-bond donors (Lipinski definition) is 1. The largest absolute Gasteiger partial charge is 0.334 e. The minimum absolute atomic E-state index is 0.0563. The number of sulfonamides is 1. The van der Waals surface area contributed by atoms with Gasteiger partial charge in [-0.05, 0) is 39.5 Å². The number of nitrogens with zero attached hydrogens (tertiary/aromatic N) is 3. The van der Waals surface area contributed by atoms with Gasteiger partial charge in [-0.2, -0.15) is 4.31 Å². The number of hydrogen-bond acceptors (Lipinski definition) is 4. The van der Waals surface area contributed by atoms with Crippen molar-refractivity contribution in [1.82, 2.24) is 13.9 Å². The lowest BCUT2D eigenvalue weighted by atomic mass is 10.0. The topological polar surface area (TPSA) is 81.2 Å². The summed E-state index contributed by atoms with van der Waals surface area (Å²) in [4.78, 5) is 4.25. The molecule has 0 aliphatic carbocycles. The number of piperidine rings is 1. The van der Waals surface area contributed by atoms with E-state index < -0.39 is 10.0 Å². The van der Waals surface area contributed by atoms with Gasteiger partial charge in [0.05, 0.1) is 0 Å². The summed E-state index contributed by atoms with van der Waals surface area (Å²) >= 11 is 0. The van der Waals surface area contributed by atoms with E-state index in [1.165, 1.54) is 0 Å². The van der Waals surface area contributed by atoms with Crippen molar-refractivity contribution >= 4 is 10.0 Å². The van der Waals surface area contributed by atoms with Crippen LogP contribution in [0.25, 0.3) is 0 Å². The monoisotopic (exact) mass is 298 g/mol. The fraction of sp³-hybridized carbons (Fsp3) is 0.769. The molecular weight excluding hydrogens is 276 g/mol. The molecule has 2 fully saturated rings. The van der Waals surface area contributed by atoms with Gasteiger partial charge < -0.3 is 10.3 Å². The molecular formula is C13H22N4O2S. The maximum atomic E-state index is 12.8. The Morgan fingerprint density at radius 1 is 1.35 bits per heavy atom. The Morgan fingerprint density at radius 2 is 1.95 bits per heavy atom. The van der Waals surface area contributed by atoms with Gasteiger partial charge in [0, 0.05) is 30.9 Å². The lowest BCUT2D eigenvalue weighted by molar-refractivity contribution is 0.226. The minimum Gasteiger partial charge on any atom is -0.334 e. The number of nitrogens with two attached hydrogens (primary N) is 1. The van der Waals surface area contributed by atoms with Crippen LogP contribution in [0.2, 0.25) is 0 Å². The first kappa shape index (κ1) is 14.0. The molecule has 20 heavy (non-hydrogen) atoms. The van der Waals surface area contributed by atoms with Gasteiger partial charge in [-0.15, -0.1) is 0 Å². The first-order valence-corrected chi connectivity index (χ1v) is 8.70. The van der Waals surface area contributed by atoms with Gasteiger partial charge in [-0.3, -0.25) is 0 Å². The minimum atomic E-state index is -3.49. The van der Waals surface area contributed by atoms with Crippen LogP contribution in [0.1, 0.15) is 38.4 Å². The number of fused-ring (bicyclic) bond motifs is 2. The maximum Gasteiger partial charge on any atom is 0.262 e. The van der Waals surface area contributed by atoms with Crippen LogP contribution in [-0.2, 0) is 16.6 Å². The van der Waals surface area contributed by atoms with E-state index in [9.17, 15) is 8.42 Å². The molecule has 2 aliphatic rings. The van der Waals surface area contributed by atoms with Gasteiger partial charge in [0.25, 0.3) is 10.0 Å². The Bertz CT molecular complexity index is 596. The lowest BCUT2D eigenvalue weighted by Gasteiger charge is -2.35. The average Bonchev–Trinajstić information content (AvgIpc) is 2.89. The van der Waals surface area contributed by atoms with Crippen LogP contribution in [0, 0.1) is 6.92 Å². The van der Waals surface area contributed by atoms with E-state index in [0.717, 1.165) is 38.1 Å². The maximum absolute atomic E-state index is 12.8. The molecule has 2 aliphatic heterocycles. The van der Waals surface area contributed by atoms with Crippen LogP contribution in [0.4, 0.5) is 0 Å². The number of aromatic nitrogens is 2. The Morgan fingerprint density at radius 3 is 2.45 bits per heavy atom.